The number of ether oxygens (including phenoxy) is 1. The molecular weight excluding hydrogens is 166 g/mol. The minimum absolute atomic E-state index is 0.0463. The van der Waals surface area contributed by atoms with Crippen molar-refractivity contribution in [2.75, 3.05) is 6.61 Å². The van der Waals surface area contributed by atoms with Crippen LogP contribution in [0.15, 0.2) is 24.3 Å². The van der Waals surface area contributed by atoms with Gasteiger partial charge in [0.2, 0.25) is 0 Å². The van der Waals surface area contributed by atoms with E-state index in [2.05, 4.69) is 0 Å². The van der Waals surface area contributed by atoms with Gasteiger partial charge in [0, 0.05) is 12.0 Å². The molecule has 1 aromatic rings. The lowest BCUT2D eigenvalue weighted by Crippen LogP contribution is -2.35. The van der Waals surface area contributed by atoms with Crippen LogP contribution in [0.3, 0.4) is 0 Å². The van der Waals surface area contributed by atoms with E-state index >= 15 is 0 Å². The monoisotopic (exact) mass is 177 g/mol. The number of carbonyl (C=O) groups is 1. The van der Waals surface area contributed by atoms with Crippen LogP contribution in [-0.2, 0) is 11.2 Å². The standard InChI is InChI=1S/C10H11NO2/c11-8-6-13-10-4-2-1-3-7(10)5-9(8)12/h1-4,8H,5-6,11H2. The first-order valence-corrected chi connectivity index (χ1v) is 4.26. The Bertz CT molecular complexity index is 335. The van der Waals surface area contributed by atoms with Crippen molar-refractivity contribution in [2.24, 2.45) is 5.73 Å². The highest BCUT2D eigenvalue weighted by Gasteiger charge is 2.20. The van der Waals surface area contributed by atoms with Gasteiger partial charge in [-0.1, -0.05) is 18.2 Å². The van der Waals surface area contributed by atoms with Crippen LogP contribution in [0.25, 0.3) is 0 Å². The molecule has 3 nitrogen and oxygen atoms in total. The molecule has 0 spiro atoms. The van der Waals surface area contributed by atoms with Crippen molar-refractivity contribution < 1.29 is 9.53 Å². The molecule has 3 heteroatoms. The van der Waals surface area contributed by atoms with Crippen molar-refractivity contribution >= 4 is 5.78 Å². The predicted octanol–water partition coefficient (Wildman–Crippen LogP) is 0.518. The van der Waals surface area contributed by atoms with Crippen molar-refractivity contribution in [1.82, 2.24) is 0 Å². The third kappa shape index (κ3) is 1.55. The van der Waals surface area contributed by atoms with E-state index in [1.54, 1.807) is 0 Å². The predicted molar refractivity (Wildman–Crippen MR) is 48.6 cm³/mol. The van der Waals surface area contributed by atoms with Gasteiger partial charge in [-0.25, -0.2) is 0 Å². The van der Waals surface area contributed by atoms with E-state index in [-0.39, 0.29) is 12.4 Å². The fourth-order valence-electron chi connectivity index (χ4n) is 1.38. The van der Waals surface area contributed by atoms with Gasteiger partial charge in [0.05, 0.1) is 6.04 Å². The zero-order valence-corrected chi connectivity index (χ0v) is 7.19. The smallest absolute Gasteiger partial charge is 0.157 e. The number of para-hydroxylation sites is 1. The van der Waals surface area contributed by atoms with Crippen LogP contribution in [-0.4, -0.2) is 18.4 Å². The number of benzene rings is 1. The van der Waals surface area contributed by atoms with Gasteiger partial charge in [-0.2, -0.15) is 0 Å². The third-order valence-electron chi connectivity index (χ3n) is 2.17. The molecular formula is C10H11NO2. The van der Waals surface area contributed by atoms with E-state index < -0.39 is 6.04 Å². The average molecular weight is 177 g/mol. The Morgan fingerprint density at radius 3 is 3.00 bits per heavy atom. The highest BCUT2D eigenvalue weighted by atomic mass is 16.5. The number of ketones is 1. The van der Waals surface area contributed by atoms with E-state index in [1.165, 1.54) is 0 Å². The second-order valence-corrected chi connectivity index (χ2v) is 3.17. The van der Waals surface area contributed by atoms with E-state index in [9.17, 15) is 4.79 Å². The number of fused-ring (bicyclic) bond motifs is 1. The Kier molecular flexibility index (Phi) is 2.02. The topological polar surface area (TPSA) is 52.3 Å². The molecule has 2 rings (SSSR count). The van der Waals surface area contributed by atoms with Crippen LogP contribution in [0.4, 0.5) is 0 Å². The van der Waals surface area contributed by atoms with Crippen molar-refractivity contribution in [1.29, 1.82) is 0 Å². The van der Waals surface area contributed by atoms with Crippen molar-refractivity contribution in [3.8, 4) is 5.75 Å². The molecule has 0 fully saturated rings. The molecule has 0 aliphatic carbocycles. The van der Waals surface area contributed by atoms with E-state index in [0.717, 1.165) is 11.3 Å². The van der Waals surface area contributed by atoms with Gasteiger partial charge < -0.3 is 10.5 Å². The minimum atomic E-state index is -0.479. The zero-order valence-electron chi connectivity index (χ0n) is 7.19. The maximum Gasteiger partial charge on any atom is 0.157 e. The molecule has 1 heterocycles. The summed E-state index contributed by atoms with van der Waals surface area (Å²) in [5.41, 5.74) is 6.51. The third-order valence-corrected chi connectivity index (χ3v) is 2.17. The first kappa shape index (κ1) is 8.26. The van der Waals surface area contributed by atoms with Crippen molar-refractivity contribution in [2.45, 2.75) is 12.5 Å². The molecule has 0 radical (unpaired) electrons. The lowest BCUT2D eigenvalue weighted by molar-refractivity contribution is -0.119. The fourth-order valence-corrected chi connectivity index (χ4v) is 1.38. The minimum Gasteiger partial charge on any atom is -0.491 e. The molecule has 68 valence electrons. The van der Waals surface area contributed by atoms with E-state index in [1.807, 2.05) is 24.3 Å². The first-order chi connectivity index (χ1) is 6.27. The van der Waals surface area contributed by atoms with Gasteiger partial charge in [-0.15, -0.1) is 0 Å². The summed E-state index contributed by atoms with van der Waals surface area (Å²) in [7, 11) is 0. The highest BCUT2D eigenvalue weighted by Crippen LogP contribution is 2.21. The molecule has 0 bridgehead atoms. The lowest BCUT2D eigenvalue weighted by atomic mass is 10.1. The van der Waals surface area contributed by atoms with Crippen LogP contribution in [0.1, 0.15) is 5.56 Å². The molecule has 1 aliphatic heterocycles. The van der Waals surface area contributed by atoms with Gasteiger partial charge in [0.1, 0.15) is 12.4 Å². The molecule has 1 aromatic carbocycles. The van der Waals surface area contributed by atoms with Gasteiger partial charge in [-0.05, 0) is 6.07 Å². The van der Waals surface area contributed by atoms with E-state index in [0.29, 0.717) is 6.42 Å². The number of hydrogen-bond acceptors (Lipinski definition) is 3. The average Bonchev–Trinajstić information content (AvgIpc) is 2.28. The molecule has 1 aliphatic rings. The van der Waals surface area contributed by atoms with Crippen LogP contribution in [0.2, 0.25) is 0 Å². The highest BCUT2D eigenvalue weighted by molar-refractivity contribution is 5.87. The van der Waals surface area contributed by atoms with Crippen LogP contribution >= 0.6 is 0 Å². The van der Waals surface area contributed by atoms with Crippen molar-refractivity contribution in [3.63, 3.8) is 0 Å². The molecule has 0 aromatic heterocycles. The maximum atomic E-state index is 11.4. The second kappa shape index (κ2) is 3.18. The number of carbonyl (C=O) groups excluding carboxylic acids is 1. The number of hydrogen-bond donors (Lipinski definition) is 1. The van der Waals surface area contributed by atoms with Gasteiger partial charge >= 0.3 is 0 Å². The Hall–Kier alpha value is -1.35. The summed E-state index contributed by atoms with van der Waals surface area (Å²) in [5.74, 6) is 0.828. The number of nitrogens with two attached hydrogens (primary N) is 1. The summed E-state index contributed by atoms with van der Waals surface area (Å²) in [6.07, 6.45) is 0.386. The van der Waals surface area contributed by atoms with Gasteiger partial charge in [-0.3, -0.25) is 4.79 Å². The quantitative estimate of drug-likeness (QED) is 0.628. The molecule has 1 atom stereocenters. The lowest BCUT2D eigenvalue weighted by Gasteiger charge is -2.06. The van der Waals surface area contributed by atoms with Gasteiger partial charge in [0.15, 0.2) is 5.78 Å². The van der Waals surface area contributed by atoms with Crippen LogP contribution in [0.5, 0.6) is 5.75 Å². The van der Waals surface area contributed by atoms with Crippen LogP contribution < -0.4 is 10.5 Å². The van der Waals surface area contributed by atoms with Gasteiger partial charge in [0.25, 0.3) is 0 Å². The molecule has 0 saturated heterocycles. The SMILES string of the molecule is NC1COc2ccccc2CC1=O. The molecule has 1 unspecified atom stereocenters. The normalized spacial score (nSPS) is 21.6. The summed E-state index contributed by atoms with van der Waals surface area (Å²) in [6.45, 7) is 0.288. The Morgan fingerprint density at radius 2 is 2.15 bits per heavy atom. The second-order valence-electron chi connectivity index (χ2n) is 3.17. The van der Waals surface area contributed by atoms with E-state index in [4.69, 9.17) is 10.5 Å². The molecule has 2 N–H and O–H groups in total. The number of rotatable bonds is 0. The fraction of sp³-hybridized carbons (Fsp3) is 0.300. The Morgan fingerprint density at radius 1 is 1.38 bits per heavy atom. The zero-order chi connectivity index (χ0) is 9.26. The summed E-state index contributed by atoms with van der Waals surface area (Å²) < 4.78 is 5.39. The molecule has 13 heavy (non-hydrogen) atoms. The summed E-state index contributed by atoms with van der Waals surface area (Å²) in [5, 5.41) is 0. The summed E-state index contributed by atoms with van der Waals surface area (Å²) in [4.78, 5) is 11.4. The van der Waals surface area contributed by atoms with Crippen LogP contribution in [0, 0.1) is 0 Å². The molecule has 0 amide bonds. The summed E-state index contributed by atoms with van der Waals surface area (Å²) >= 11 is 0. The summed E-state index contributed by atoms with van der Waals surface area (Å²) in [6, 6.07) is 7.06. The largest absolute Gasteiger partial charge is 0.491 e. The molecule has 0 saturated carbocycles. The number of Topliss-reactive ketones (excluding diaryl/α,β-unsaturated/α-hetero) is 1. The van der Waals surface area contributed by atoms with Crippen molar-refractivity contribution in [3.05, 3.63) is 29.8 Å². The Labute approximate surface area is 76.5 Å². The maximum absolute atomic E-state index is 11.4. The first-order valence-electron chi connectivity index (χ1n) is 4.26. The Balaban J connectivity index is 2.35.